The lowest BCUT2D eigenvalue weighted by Gasteiger charge is -2.04. The first-order valence-corrected chi connectivity index (χ1v) is 5.25. The van der Waals surface area contributed by atoms with Gasteiger partial charge in [-0.25, -0.2) is 4.98 Å². The summed E-state index contributed by atoms with van der Waals surface area (Å²) in [5.74, 6) is -0.373. The minimum absolute atomic E-state index is 0.0400. The lowest BCUT2D eigenvalue weighted by atomic mass is 9.99. The molecule has 1 aliphatic heterocycles. The van der Waals surface area contributed by atoms with Crippen LogP contribution in [0.25, 0.3) is 0 Å². The van der Waals surface area contributed by atoms with Crippen molar-refractivity contribution in [3.05, 3.63) is 52.1 Å². The normalized spacial score (nSPS) is 17.3. The first-order chi connectivity index (χ1) is 8.66. The second-order valence-corrected chi connectivity index (χ2v) is 3.93. The number of aromatic amines is 1. The number of imidazole rings is 1. The van der Waals surface area contributed by atoms with Gasteiger partial charge < -0.3 is 10.3 Å². The number of carbonyl (C=O) groups is 1. The summed E-state index contributed by atoms with van der Waals surface area (Å²) in [4.78, 5) is 29.0. The van der Waals surface area contributed by atoms with Crippen LogP contribution in [0.5, 0.6) is 0 Å². The van der Waals surface area contributed by atoms with E-state index in [1.807, 2.05) is 0 Å². The second-order valence-electron chi connectivity index (χ2n) is 3.93. The molecule has 7 nitrogen and oxygen atoms in total. The summed E-state index contributed by atoms with van der Waals surface area (Å²) in [7, 11) is 0. The van der Waals surface area contributed by atoms with E-state index in [2.05, 4.69) is 15.3 Å². The zero-order valence-corrected chi connectivity index (χ0v) is 9.08. The number of nitrogens with one attached hydrogen (secondary N) is 2. The van der Waals surface area contributed by atoms with Crippen LogP contribution in [-0.2, 0) is 4.79 Å². The number of aromatic nitrogens is 2. The fourth-order valence-corrected chi connectivity index (χ4v) is 2.07. The highest BCUT2D eigenvalue weighted by molar-refractivity contribution is 6.04. The molecule has 1 unspecified atom stereocenters. The maximum atomic E-state index is 11.9. The molecule has 2 aromatic rings. The van der Waals surface area contributed by atoms with Gasteiger partial charge in [0.05, 0.1) is 4.92 Å². The quantitative estimate of drug-likeness (QED) is 0.615. The molecule has 90 valence electrons. The number of nitro benzene ring substituents is 1. The third-order valence-electron chi connectivity index (χ3n) is 2.87. The van der Waals surface area contributed by atoms with Crippen molar-refractivity contribution in [2.75, 3.05) is 5.32 Å². The number of hydrogen-bond acceptors (Lipinski definition) is 4. The van der Waals surface area contributed by atoms with E-state index in [9.17, 15) is 14.9 Å². The van der Waals surface area contributed by atoms with Gasteiger partial charge in [0.25, 0.3) is 5.69 Å². The van der Waals surface area contributed by atoms with Crippen LogP contribution in [0.15, 0.2) is 30.6 Å². The molecule has 0 bridgehead atoms. The molecule has 1 atom stereocenters. The minimum atomic E-state index is -0.616. The average molecular weight is 244 g/mol. The maximum Gasteiger partial charge on any atom is 0.269 e. The standard InChI is InChI=1S/C11H8N4O3/c16-11-9(10-12-3-4-13-10)7-5-6(15(17)18)1-2-8(7)14-11/h1-5,9H,(H,12,13)(H,14,16). The van der Waals surface area contributed by atoms with E-state index in [-0.39, 0.29) is 11.6 Å². The zero-order chi connectivity index (χ0) is 12.7. The highest BCUT2D eigenvalue weighted by Crippen LogP contribution is 2.37. The summed E-state index contributed by atoms with van der Waals surface area (Å²) in [6.07, 6.45) is 3.15. The lowest BCUT2D eigenvalue weighted by Crippen LogP contribution is -2.14. The molecule has 1 aromatic heterocycles. The average Bonchev–Trinajstić information content (AvgIpc) is 2.93. The molecule has 1 aliphatic rings. The number of nitrogens with zero attached hydrogens (tertiary/aromatic N) is 2. The molecule has 0 fully saturated rings. The number of amides is 1. The van der Waals surface area contributed by atoms with Gasteiger partial charge in [0.15, 0.2) is 0 Å². The van der Waals surface area contributed by atoms with Gasteiger partial charge in [0, 0.05) is 35.8 Å². The highest BCUT2D eigenvalue weighted by atomic mass is 16.6. The Kier molecular flexibility index (Phi) is 2.12. The number of benzene rings is 1. The Bertz CT molecular complexity index is 636. The van der Waals surface area contributed by atoms with Crippen LogP contribution < -0.4 is 5.32 Å². The third-order valence-corrected chi connectivity index (χ3v) is 2.87. The number of H-pyrrole nitrogens is 1. The van der Waals surface area contributed by atoms with Gasteiger partial charge in [-0.15, -0.1) is 0 Å². The van der Waals surface area contributed by atoms with E-state index in [4.69, 9.17) is 0 Å². The molecule has 0 saturated heterocycles. The van der Waals surface area contributed by atoms with Crippen molar-refractivity contribution >= 4 is 17.3 Å². The minimum Gasteiger partial charge on any atom is -0.348 e. The van der Waals surface area contributed by atoms with E-state index in [1.54, 1.807) is 6.20 Å². The Labute approximate surface area is 101 Å². The smallest absolute Gasteiger partial charge is 0.269 e. The van der Waals surface area contributed by atoms with Crippen molar-refractivity contribution in [1.29, 1.82) is 0 Å². The van der Waals surface area contributed by atoms with Crippen molar-refractivity contribution in [1.82, 2.24) is 9.97 Å². The molecule has 3 rings (SSSR count). The van der Waals surface area contributed by atoms with Crippen molar-refractivity contribution in [2.45, 2.75) is 5.92 Å². The molecule has 2 N–H and O–H groups in total. The molecule has 18 heavy (non-hydrogen) atoms. The summed E-state index contributed by atoms with van der Waals surface area (Å²) < 4.78 is 0. The number of fused-ring (bicyclic) bond motifs is 1. The number of hydrogen-bond donors (Lipinski definition) is 2. The van der Waals surface area contributed by atoms with E-state index in [0.29, 0.717) is 17.1 Å². The van der Waals surface area contributed by atoms with Gasteiger partial charge in [0.1, 0.15) is 11.7 Å². The van der Waals surface area contributed by atoms with Crippen LogP contribution in [0.2, 0.25) is 0 Å². The number of nitro groups is 1. The summed E-state index contributed by atoms with van der Waals surface area (Å²) in [5.41, 5.74) is 1.12. The van der Waals surface area contributed by atoms with E-state index < -0.39 is 10.8 Å². The van der Waals surface area contributed by atoms with Crippen LogP contribution in [0, 0.1) is 10.1 Å². The topological polar surface area (TPSA) is 101 Å². The Morgan fingerprint density at radius 2 is 2.22 bits per heavy atom. The molecule has 1 aromatic carbocycles. The van der Waals surface area contributed by atoms with Crippen LogP contribution in [0.4, 0.5) is 11.4 Å². The van der Waals surface area contributed by atoms with Crippen molar-refractivity contribution < 1.29 is 9.72 Å². The Balaban J connectivity index is 2.13. The van der Waals surface area contributed by atoms with Crippen LogP contribution in [0.3, 0.4) is 0 Å². The Morgan fingerprint density at radius 1 is 1.39 bits per heavy atom. The number of non-ortho nitro benzene ring substituents is 1. The number of anilines is 1. The molecule has 1 amide bonds. The highest BCUT2D eigenvalue weighted by Gasteiger charge is 2.34. The van der Waals surface area contributed by atoms with Crippen molar-refractivity contribution in [2.24, 2.45) is 0 Å². The molecular weight excluding hydrogens is 236 g/mol. The van der Waals surface area contributed by atoms with Gasteiger partial charge in [-0.3, -0.25) is 14.9 Å². The van der Waals surface area contributed by atoms with Crippen LogP contribution >= 0.6 is 0 Å². The predicted molar refractivity (Wildman–Crippen MR) is 62.2 cm³/mol. The van der Waals surface area contributed by atoms with Gasteiger partial charge in [0.2, 0.25) is 5.91 Å². The molecule has 2 heterocycles. The van der Waals surface area contributed by atoms with Crippen molar-refractivity contribution in [3.8, 4) is 0 Å². The van der Waals surface area contributed by atoms with E-state index >= 15 is 0 Å². The predicted octanol–water partition coefficient (Wildman–Crippen LogP) is 1.40. The molecule has 7 heteroatoms. The van der Waals surface area contributed by atoms with Gasteiger partial charge in [-0.05, 0) is 6.07 Å². The molecule has 0 radical (unpaired) electrons. The summed E-state index contributed by atoms with van der Waals surface area (Å²) in [6.45, 7) is 0. The number of carbonyl (C=O) groups excluding carboxylic acids is 1. The lowest BCUT2D eigenvalue weighted by molar-refractivity contribution is -0.384. The fourth-order valence-electron chi connectivity index (χ4n) is 2.07. The SMILES string of the molecule is O=C1Nc2ccc([N+](=O)[O-])cc2C1c1ncc[nH]1. The van der Waals surface area contributed by atoms with Crippen LogP contribution in [0.1, 0.15) is 17.3 Å². The van der Waals surface area contributed by atoms with Crippen molar-refractivity contribution in [3.63, 3.8) is 0 Å². The molecule has 0 saturated carbocycles. The first kappa shape index (κ1) is 10.5. The Morgan fingerprint density at radius 3 is 2.89 bits per heavy atom. The van der Waals surface area contributed by atoms with Gasteiger partial charge >= 0.3 is 0 Å². The third kappa shape index (κ3) is 1.45. The van der Waals surface area contributed by atoms with E-state index in [0.717, 1.165) is 0 Å². The monoisotopic (exact) mass is 244 g/mol. The molecule has 0 spiro atoms. The zero-order valence-electron chi connectivity index (χ0n) is 9.08. The van der Waals surface area contributed by atoms with Crippen LogP contribution in [-0.4, -0.2) is 20.8 Å². The summed E-state index contributed by atoms with van der Waals surface area (Å²) in [6, 6.07) is 4.30. The maximum absolute atomic E-state index is 11.9. The summed E-state index contributed by atoms with van der Waals surface area (Å²) in [5, 5.41) is 13.4. The number of rotatable bonds is 2. The molecular formula is C11H8N4O3. The first-order valence-electron chi connectivity index (χ1n) is 5.25. The molecule has 0 aliphatic carbocycles. The summed E-state index contributed by atoms with van der Waals surface area (Å²) >= 11 is 0. The Hall–Kier alpha value is -2.70. The van der Waals surface area contributed by atoms with E-state index in [1.165, 1.54) is 24.4 Å². The fraction of sp³-hybridized carbons (Fsp3) is 0.0909. The second kappa shape index (κ2) is 3.66. The van der Waals surface area contributed by atoms with Gasteiger partial charge in [-0.2, -0.15) is 0 Å². The van der Waals surface area contributed by atoms with Gasteiger partial charge in [-0.1, -0.05) is 0 Å². The largest absolute Gasteiger partial charge is 0.348 e.